The zero-order valence-electron chi connectivity index (χ0n) is 13.0. The van der Waals surface area contributed by atoms with Crippen LogP contribution >= 0.6 is 24.0 Å². The average Bonchev–Trinajstić information content (AvgIpc) is 2.83. The monoisotopic (exact) mass is 379 g/mol. The summed E-state index contributed by atoms with van der Waals surface area (Å²) < 4.78 is 38.7. The minimum absolute atomic E-state index is 0.115. The van der Waals surface area contributed by atoms with Crippen LogP contribution in [0.3, 0.4) is 0 Å². The Hall–Kier alpha value is -2.12. The number of halogens is 3. The molecule has 0 bridgehead atoms. The number of thiocarbonyl (C=S) groups is 1. The number of carbonyl (C=O) groups excluding carboxylic acids is 1. The summed E-state index contributed by atoms with van der Waals surface area (Å²) in [6.07, 6.45) is -2.72. The third kappa shape index (κ3) is 3.77. The molecule has 0 aromatic heterocycles. The normalized spacial score (nSPS) is 16.8. The van der Waals surface area contributed by atoms with Gasteiger partial charge >= 0.3 is 6.18 Å². The molecule has 1 fully saturated rings. The smallest absolute Gasteiger partial charge is 0.261 e. The van der Waals surface area contributed by atoms with Gasteiger partial charge in [0.2, 0.25) is 0 Å². The van der Waals surface area contributed by atoms with Crippen LogP contribution in [0.15, 0.2) is 53.4 Å². The second kappa shape index (κ2) is 6.65. The van der Waals surface area contributed by atoms with Crippen molar-refractivity contribution < 1.29 is 18.0 Å². The quantitative estimate of drug-likeness (QED) is 0.468. The molecule has 0 unspecified atom stereocenters. The van der Waals surface area contributed by atoms with Crippen LogP contribution in [0.4, 0.5) is 23.7 Å². The number of hydrogen-bond acceptors (Lipinski definition) is 3. The lowest BCUT2D eigenvalue weighted by Gasteiger charge is -2.16. The van der Waals surface area contributed by atoms with Crippen molar-refractivity contribution in [2.45, 2.75) is 13.1 Å². The molecule has 7 heteroatoms. The lowest BCUT2D eigenvalue weighted by molar-refractivity contribution is -0.137. The van der Waals surface area contributed by atoms with E-state index in [1.165, 1.54) is 12.1 Å². The Labute approximate surface area is 152 Å². The van der Waals surface area contributed by atoms with Gasteiger partial charge in [-0.25, -0.2) is 0 Å². The van der Waals surface area contributed by atoms with Gasteiger partial charge in [0.05, 0.1) is 16.2 Å². The molecule has 0 saturated carbocycles. The SMILES string of the molecule is Cc1ccc(/C=C2\SC(=O)N(c3cccc(C(F)(F)F)c3)C2=S)cc1. The van der Waals surface area contributed by atoms with Crippen molar-refractivity contribution in [3.8, 4) is 0 Å². The zero-order chi connectivity index (χ0) is 18.2. The molecule has 1 heterocycles. The van der Waals surface area contributed by atoms with E-state index < -0.39 is 17.0 Å². The van der Waals surface area contributed by atoms with Gasteiger partial charge in [-0.3, -0.25) is 9.69 Å². The van der Waals surface area contributed by atoms with Crippen molar-refractivity contribution in [3.05, 3.63) is 70.1 Å². The van der Waals surface area contributed by atoms with Crippen molar-refractivity contribution >= 4 is 46.0 Å². The Kier molecular flexibility index (Phi) is 4.71. The van der Waals surface area contributed by atoms with E-state index in [2.05, 4.69) is 0 Å². The van der Waals surface area contributed by atoms with Gasteiger partial charge in [0.15, 0.2) is 0 Å². The van der Waals surface area contributed by atoms with Gasteiger partial charge in [0.25, 0.3) is 5.24 Å². The van der Waals surface area contributed by atoms with Crippen molar-refractivity contribution in [1.82, 2.24) is 0 Å². The number of carbonyl (C=O) groups is 1. The third-order valence-electron chi connectivity index (χ3n) is 3.60. The standard InChI is InChI=1S/C18H12F3NOS2/c1-11-5-7-12(8-6-11)9-15-16(24)22(17(23)25-15)14-4-2-3-13(10-14)18(19,20)21/h2-10H,1H3/b15-9-. The molecule has 0 radical (unpaired) electrons. The summed E-state index contributed by atoms with van der Waals surface area (Å²) >= 11 is 6.23. The number of benzene rings is 2. The topological polar surface area (TPSA) is 20.3 Å². The van der Waals surface area contributed by atoms with Gasteiger partial charge in [0.1, 0.15) is 4.99 Å². The van der Waals surface area contributed by atoms with E-state index in [9.17, 15) is 18.0 Å². The molecule has 2 aromatic carbocycles. The summed E-state index contributed by atoms with van der Waals surface area (Å²) in [4.78, 5) is 14.2. The zero-order valence-corrected chi connectivity index (χ0v) is 14.6. The molecule has 3 rings (SSSR count). The average molecular weight is 379 g/mol. The van der Waals surface area contributed by atoms with E-state index in [0.29, 0.717) is 4.91 Å². The number of aryl methyl sites for hydroxylation is 1. The molecule has 128 valence electrons. The molecule has 2 nitrogen and oxygen atoms in total. The molecule has 1 saturated heterocycles. The van der Waals surface area contributed by atoms with E-state index >= 15 is 0 Å². The first-order valence-corrected chi connectivity index (χ1v) is 8.50. The maximum atomic E-state index is 12.9. The number of amides is 1. The number of hydrogen-bond donors (Lipinski definition) is 0. The molecule has 0 spiro atoms. The van der Waals surface area contributed by atoms with Crippen LogP contribution in [0, 0.1) is 6.92 Å². The largest absolute Gasteiger partial charge is 0.416 e. The van der Waals surface area contributed by atoms with Crippen molar-refractivity contribution in [3.63, 3.8) is 0 Å². The Morgan fingerprint density at radius 3 is 2.44 bits per heavy atom. The van der Waals surface area contributed by atoms with Crippen LogP contribution in [-0.2, 0) is 6.18 Å². The Balaban J connectivity index is 1.93. The highest BCUT2D eigenvalue weighted by molar-refractivity contribution is 8.20. The molecule has 2 aromatic rings. The van der Waals surface area contributed by atoms with Crippen LogP contribution in [0.1, 0.15) is 16.7 Å². The van der Waals surface area contributed by atoms with E-state index in [0.717, 1.165) is 39.9 Å². The number of anilines is 1. The summed E-state index contributed by atoms with van der Waals surface area (Å²) in [5.74, 6) is 0. The van der Waals surface area contributed by atoms with E-state index in [4.69, 9.17) is 12.2 Å². The number of thioether (sulfide) groups is 1. The molecule has 1 aliphatic heterocycles. The van der Waals surface area contributed by atoms with Crippen molar-refractivity contribution in [2.24, 2.45) is 0 Å². The first kappa shape index (κ1) is 17.7. The van der Waals surface area contributed by atoms with Crippen LogP contribution in [0.25, 0.3) is 6.08 Å². The highest BCUT2D eigenvalue weighted by Gasteiger charge is 2.35. The highest BCUT2D eigenvalue weighted by atomic mass is 32.2. The molecule has 25 heavy (non-hydrogen) atoms. The maximum absolute atomic E-state index is 12.9. The summed E-state index contributed by atoms with van der Waals surface area (Å²) in [6.45, 7) is 1.96. The minimum atomic E-state index is -4.48. The number of nitrogens with zero attached hydrogens (tertiary/aromatic N) is 1. The second-order valence-electron chi connectivity index (χ2n) is 5.48. The van der Waals surface area contributed by atoms with Crippen LogP contribution in [0.2, 0.25) is 0 Å². The van der Waals surface area contributed by atoms with Crippen LogP contribution in [-0.4, -0.2) is 10.2 Å². The Morgan fingerprint density at radius 1 is 1.12 bits per heavy atom. The van der Waals surface area contributed by atoms with Gasteiger partial charge in [-0.1, -0.05) is 48.1 Å². The predicted molar refractivity (Wildman–Crippen MR) is 98.7 cm³/mol. The third-order valence-corrected chi connectivity index (χ3v) is 5.02. The number of rotatable bonds is 2. The molecule has 1 amide bonds. The fourth-order valence-corrected chi connectivity index (χ4v) is 3.61. The van der Waals surface area contributed by atoms with Gasteiger partial charge < -0.3 is 0 Å². The minimum Gasteiger partial charge on any atom is -0.261 e. The molecule has 0 N–H and O–H groups in total. The van der Waals surface area contributed by atoms with Gasteiger partial charge in [-0.2, -0.15) is 13.2 Å². The molecule has 0 aliphatic carbocycles. The molecule has 0 atom stereocenters. The van der Waals surface area contributed by atoms with Crippen LogP contribution in [0.5, 0.6) is 0 Å². The fraction of sp³-hybridized carbons (Fsp3) is 0.111. The second-order valence-corrected chi connectivity index (χ2v) is 6.86. The van der Waals surface area contributed by atoms with E-state index in [1.807, 2.05) is 31.2 Å². The summed E-state index contributed by atoms with van der Waals surface area (Å²) in [5.41, 5.74) is 1.27. The molecular formula is C18H12F3NOS2. The Morgan fingerprint density at radius 2 is 1.80 bits per heavy atom. The molecule has 1 aliphatic rings. The van der Waals surface area contributed by atoms with Gasteiger partial charge in [-0.15, -0.1) is 0 Å². The van der Waals surface area contributed by atoms with Crippen molar-refractivity contribution in [2.75, 3.05) is 4.90 Å². The lowest BCUT2D eigenvalue weighted by Crippen LogP contribution is -2.26. The lowest BCUT2D eigenvalue weighted by atomic mass is 10.1. The Bertz CT molecular complexity index is 873. The van der Waals surface area contributed by atoms with E-state index in [1.54, 1.807) is 6.08 Å². The highest BCUT2D eigenvalue weighted by Crippen LogP contribution is 2.38. The van der Waals surface area contributed by atoms with Gasteiger partial charge in [-0.05, 0) is 48.5 Å². The van der Waals surface area contributed by atoms with Crippen molar-refractivity contribution in [1.29, 1.82) is 0 Å². The predicted octanol–water partition coefficient (Wildman–Crippen LogP) is 6.06. The number of alkyl halides is 3. The summed E-state index contributed by atoms with van der Waals surface area (Å²) in [6, 6.07) is 12.2. The summed E-state index contributed by atoms with van der Waals surface area (Å²) in [7, 11) is 0. The first-order chi connectivity index (χ1) is 11.8. The molecular weight excluding hydrogens is 367 g/mol. The van der Waals surface area contributed by atoms with Crippen LogP contribution < -0.4 is 4.90 Å². The van der Waals surface area contributed by atoms with E-state index in [-0.39, 0.29) is 10.7 Å². The first-order valence-electron chi connectivity index (χ1n) is 7.27. The fourth-order valence-electron chi connectivity index (χ4n) is 2.33. The maximum Gasteiger partial charge on any atom is 0.416 e. The van der Waals surface area contributed by atoms with Gasteiger partial charge in [0, 0.05) is 0 Å². The summed E-state index contributed by atoms with van der Waals surface area (Å²) in [5, 5.41) is -0.414.